The van der Waals surface area contributed by atoms with Gasteiger partial charge in [0.15, 0.2) is 5.76 Å². The Balaban J connectivity index is 1.50. The van der Waals surface area contributed by atoms with Crippen LogP contribution in [0.2, 0.25) is 0 Å². The van der Waals surface area contributed by atoms with Crippen LogP contribution in [0.15, 0.2) is 46.9 Å². The second-order valence-electron chi connectivity index (χ2n) is 7.43. The smallest absolute Gasteiger partial charge is 0.291 e. The Morgan fingerprint density at radius 3 is 2.50 bits per heavy atom. The molecule has 1 saturated heterocycles. The second kappa shape index (κ2) is 7.68. The third-order valence-corrected chi connectivity index (χ3v) is 5.69. The number of likely N-dealkylation sites (N-methyl/N-ethyl adjacent to an activating group) is 1. The first-order chi connectivity index (χ1) is 13.6. The van der Waals surface area contributed by atoms with E-state index >= 15 is 0 Å². The molecule has 1 aromatic heterocycles. The van der Waals surface area contributed by atoms with Crippen molar-refractivity contribution in [1.82, 2.24) is 4.90 Å². The first-order valence-electron chi connectivity index (χ1n) is 9.94. The molecule has 1 N–H and O–H groups in total. The summed E-state index contributed by atoms with van der Waals surface area (Å²) in [5, 5.41) is 3.99. The van der Waals surface area contributed by atoms with E-state index in [-0.39, 0.29) is 5.91 Å². The second-order valence-corrected chi connectivity index (χ2v) is 7.43. The molecule has 2 aromatic carbocycles. The molecule has 0 bridgehead atoms. The zero-order valence-electron chi connectivity index (χ0n) is 16.8. The summed E-state index contributed by atoms with van der Waals surface area (Å²) in [4.78, 5) is 17.7. The fourth-order valence-corrected chi connectivity index (χ4v) is 3.88. The lowest BCUT2D eigenvalue weighted by atomic mass is 10.1. The van der Waals surface area contributed by atoms with E-state index in [1.54, 1.807) is 0 Å². The van der Waals surface area contributed by atoms with Crippen molar-refractivity contribution in [1.29, 1.82) is 0 Å². The number of carbonyl (C=O) groups excluding carboxylic acids is 1. The Kier molecular flexibility index (Phi) is 5.09. The highest BCUT2D eigenvalue weighted by molar-refractivity contribution is 6.06. The predicted molar refractivity (Wildman–Crippen MR) is 114 cm³/mol. The summed E-state index contributed by atoms with van der Waals surface area (Å²) in [5.74, 6) is 0.168. The van der Waals surface area contributed by atoms with Gasteiger partial charge in [-0.2, -0.15) is 0 Å². The lowest BCUT2D eigenvalue weighted by Crippen LogP contribution is -2.46. The number of anilines is 2. The number of hydrogen-bond acceptors (Lipinski definition) is 4. The SMILES string of the molecule is CCN1CCN(c2ccc(NC(=O)c3oc4ccccc4c3C)c(C)c2)CC1. The number of furan rings is 1. The minimum atomic E-state index is -0.207. The van der Waals surface area contributed by atoms with Crippen LogP contribution in [0.1, 0.15) is 28.6 Å². The Morgan fingerprint density at radius 1 is 1.07 bits per heavy atom. The first-order valence-corrected chi connectivity index (χ1v) is 9.94. The number of nitrogens with zero attached hydrogens (tertiary/aromatic N) is 2. The highest BCUT2D eigenvalue weighted by Gasteiger charge is 2.19. The van der Waals surface area contributed by atoms with Gasteiger partial charge in [-0.15, -0.1) is 0 Å². The molecule has 1 aliphatic rings. The average Bonchev–Trinajstić information content (AvgIpc) is 3.06. The number of rotatable bonds is 4. The van der Waals surface area contributed by atoms with Gasteiger partial charge in [-0.05, 0) is 50.2 Å². The number of nitrogens with one attached hydrogen (secondary N) is 1. The van der Waals surface area contributed by atoms with Gasteiger partial charge in [0.25, 0.3) is 5.91 Å². The molecule has 1 aliphatic heterocycles. The number of benzene rings is 2. The number of para-hydroxylation sites is 1. The quantitative estimate of drug-likeness (QED) is 0.730. The van der Waals surface area contributed by atoms with Crippen molar-refractivity contribution >= 4 is 28.3 Å². The molecule has 5 heteroatoms. The van der Waals surface area contributed by atoms with Gasteiger partial charge in [0.2, 0.25) is 0 Å². The zero-order valence-corrected chi connectivity index (χ0v) is 16.8. The van der Waals surface area contributed by atoms with Crippen molar-refractivity contribution in [3.63, 3.8) is 0 Å². The van der Waals surface area contributed by atoms with Gasteiger partial charge < -0.3 is 19.5 Å². The van der Waals surface area contributed by atoms with E-state index in [2.05, 4.69) is 34.2 Å². The van der Waals surface area contributed by atoms with E-state index in [4.69, 9.17) is 4.42 Å². The number of aryl methyl sites for hydroxylation is 2. The predicted octanol–water partition coefficient (Wildman–Crippen LogP) is 4.44. The normalized spacial score (nSPS) is 15.2. The third-order valence-electron chi connectivity index (χ3n) is 5.69. The number of carbonyl (C=O) groups is 1. The fourth-order valence-electron chi connectivity index (χ4n) is 3.88. The maximum absolute atomic E-state index is 12.8. The molecule has 0 spiro atoms. The Bertz CT molecular complexity index is 1000. The number of fused-ring (bicyclic) bond motifs is 1. The molecular weight excluding hydrogens is 350 g/mol. The van der Waals surface area contributed by atoms with E-state index < -0.39 is 0 Å². The van der Waals surface area contributed by atoms with Crippen LogP contribution < -0.4 is 10.2 Å². The topological polar surface area (TPSA) is 48.7 Å². The summed E-state index contributed by atoms with van der Waals surface area (Å²) >= 11 is 0. The van der Waals surface area contributed by atoms with Crippen molar-refractivity contribution in [3.8, 4) is 0 Å². The minimum absolute atomic E-state index is 0.207. The van der Waals surface area contributed by atoms with E-state index in [9.17, 15) is 4.79 Å². The van der Waals surface area contributed by atoms with Crippen molar-refractivity contribution < 1.29 is 9.21 Å². The molecule has 0 atom stereocenters. The third kappa shape index (κ3) is 3.50. The summed E-state index contributed by atoms with van der Waals surface area (Å²) < 4.78 is 5.79. The molecule has 146 valence electrons. The molecule has 1 fully saturated rings. The summed E-state index contributed by atoms with van der Waals surface area (Å²) in [5.41, 5.74) is 4.70. The van der Waals surface area contributed by atoms with Crippen LogP contribution in [-0.2, 0) is 0 Å². The summed E-state index contributed by atoms with van der Waals surface area (Å²) in [7, 11) is 0. The summed E-state index contributed by atoms with van der Waals surface area (Å²) in [6.45, 7) is 11.5. The van der Waals surface area contributed by atoms with Crippen LogP contribution in [0.25, 0.3) is 11.0 Å². The van der Waals surface area contributed by atoms with Crippen molar-refractivity contribution in [2.24, 2.45) is 0 Å². The molecule has 0 unspecified atom stereocenters. The molecule has 0 radical (unpaired) electrons. The number of hydrogen-bond donors (Lipinski definition) is 1. The maximum Gasteiger partial charge on any atom is 0.291 e. The fraction of sp³-hybridized carbons (Fsp3) is 0.348. The Morgan fingerprint density at radius 2 is 1.82 bits per heavy atom. The van der Waals surface area contributed by atoms with Gasteiger partial charge in [-0.3, -0.25) is 4.79 Å². The van der Waals surface area contributed by atoms with E-state index in [0.29, 0.717) is 5.76 Å². The van der Waals surface area contributed by atoms with Crippen LogP contribution >= 0.6 is 0 Å². The average molecular weight is 377 g/mol. The van der Waals surface area contributed by atoms with Crippen LogP contribution in [0.5, 0.6) is 0 Å². The molecule has 2 heterocycles. The maximum atomic E-state index is 12.8. The van der Waals surface area contributed by atoms with Gasteiger partial charge >= 0.3 is 0 Å². The van der Waals surface area contributed by atoms with Crippen LogP contribution in [-0.4, -0.2) is 43.5 Å². The van der Waals surface area contributed by atoms with E-state index in [1.165, 1.54) is 5.69 Å². The van der Waals surface area contributed by atoms with Gasteiger partial charge in [0, 0.05) is 48.5 Å². The Hall–Kier alpha value is -2.79. The Labute approximate surface area is 165 Å². The minimum Gasteiger partial charge on any atom is -0.451 e. The molecule has 5 nitrogen and oxygen atoms in total. The van der Waals surface area contributed by atoms with Crippen molar-refractivity contribution in [3.05, 3.63) is 59.4 Å². The number of piperazine rings is 1. The van der Waals surface area contributed by atoms with Crippen LogP contribution in [0.4, 0.5) is 11.4 Å². The van der Waals surface area contributed by atoms with Gasteiger partial charge in [0.1, 0.15) is 5.58 Å². The molecule has 0 aliphatic carbocycles. The van der Waals surface area contributed by atoms with Crippen molar-refractivity contribution in [2.45, 2.75) is 20.8 Å². The standard InChI is InChI=1S/C23H27N3O2/c1-4-25-11-13-26(14-12-25)18-9-10-20(16(2)15-18)24-23(27)22-17(3)19-7-5-6-8-21(19)28-22/h5-10,15H,4,11-14H2,1-3H3,(H,24,27). The zero-order chi connectivity index (χ0) is 19.7. The largest absolute Gasteiger partial charge is 0.451 e. The molecular formula is C23H27N3O2. The van der Waals surface area contributed by atoms with Crippen molar-refractivity contribution in [2.75, 3.05) is 42.9 Å². The summed E-state index contributed by atoms with van der Waals surface area (Å²) in [6, 6.07) is 14.0. The van der Waals surface area contributed by atoms with E-state index in [0.717, 1.165) is 60.5 Å². The molecule has 4 rings (SSSR count). The van der Waals surface area contributed by atoms with Crippen LogP contribution in [0.3, 0.4) is 0 Å². The monoisotopic (exact) mass is 377 g/mol. The van der Waals surface area contributed by atoms with E-state index in [1.807, 2.05) is 44.2 Å². The lowest BCUT2D eigenvalue weighted by Gasteiger charge is -2.35. The van der Waals surface area contributed by atoms with Gasteiger partial charge in [-0.1, -0.05) is 25.1 Å². The molecule has 3 aromatic rings. The van der Waals surface area contributed by atoms with Gasteiger partial charge in [-0.25, -0.2) is 0 Å². The molecule has 28 heavy (non-hydrogen) atoms. The number of amides is 1. The first kappa shape index (κ1) is 18.6. The highest BCUT2D eigenvalue weighted by atomic mass is 16.3. The molecule has 0 saturated carbocycles. The van der Waals surface area contributed by atoms with Crippen LogP contribution in [0, 0.1) is 13.8 Å². The summed E-state index contributed by atoms with van der Waals surface area (Å²) in [6.07, 6.45) is 0. The van der Waals surface area contributed by atoms with Gasteiger partial charge in [0.05, 0.1) is 0 Å². The highest BCUT2D eigenvalue weighted by Crippen LogP contribution is 2.27. The molecule has 1 amide bonds. The lowest BCUT2D eigenvalue weighted by molar-refractivity contribution is 0.0998.